The third kappa shape index (κ3) is 3.15. The second-order valence-corrected chi connectivity index (χ2v) is 5.29. The zero-order valence-electron chi connectivity index (χ0n) is 13.1. The van der Waals surface area contributed by atoms with E-state index in [2.05, 4.69) is 0 Å². The number of phenolic OH excluding ortho intramolecular Hbond substituents is 1. The molecule has 0 aliphatic rings. The first-order valence-corrected chi connectivity index (χ1v) is 7.59. The van der Waals surface area contributed by atoms with Crippen molar-refractivity contribution in [3.63, 3.8) is 0 Å². The number of ether oxygens (including phenoxy) is 1. The van der Waals surface area contributed by atoms with E-state index in [9.17, 15) is 14.7 Å². The fraction of sp³-hybridized carbons (Fsp3) is 0.158. The maximum Gasteiger partial charge on any atom is 0.310 e. The standard InChI is InChI=1S/C19H16O5/c1-2-23-19(22)10-12-9-13(20)7-8-14(12)18-11-16(21)15-5-3-4-6-17(15)24-18/h3-9,11,20H,2,10H2,1H3. The third-order valence-corrected chi connectivity index (χ3v) is 3.63. The van der Waals surface area contributed by atoms with Crippen molar-refractivity contribution in [2.24, 2.45) is 0 Å². The van der Waals surface area contributed by atoms with Gasteiger partial charge in [0.05, 0.1) is 18.4 Å². The summed E-state index contributed by atoms with van der Waals surface area (Å²) in [7, 11) is 0. The Bertz CT molecular complexity index is 955. The first kappa shape index (κ1) is 15.8. The maximum absolute atomic E-state index is 12.3. The molecular weight excluding hydrogens is 308 g/mol. The number of phenols is 1. The number of rotatable bonds is 4. The molecule has 1 N–H and O–H groups in total. The number of carbonyl (C=O) groups is 1. The molecule has 2 aromatic carbocycles. The number of aromatic hydroxyl groups is 1. The van der Waals surface area contributed by atoms with E-state index in [0.29, 0.717) is 27.9 Å². The van der Waals surface area contributed by atoms with Gasteiger partial charge in [0.25, 0.3) is 0 Å². The summed E-state index contributed by atoms with van der Waals surface area (Å²) in [6.45, 7) is 2.00. The molecule has 0 amide bonds. The highest BCUT2D eigenvalue weighted by Gasteiger charge is 2.14. The van der Waals surface area contributed by atoms with E-state index in [4.69, 9.17) is 9.15 Å². The normalized spacial score (nSPS) is 10.7. The highest BCUT2D eigenvalue weighted by molar-refractivity contribution is 5.81. The number of para-hydroxylation sites is 1. The molecule has 1 aromatic heterocycles. The van der Waals surface area contributed by atoms with Gasteiger partial charge in [-0.25, -0.2) is 0 Å². The van der Waals surface area contributed by atoms with Crippen LogP contribution in [0.5, 0.6) is 5.75 Å². The van der Waals surface area contributed by atoms with Crippen LogP contribution in [0.15, 0.2) is 57.7 Å². The van der Waals surface area contributed by atoms with Crippen LogP contribution in [-0.2, 0) is 16.0 Å². The van der Waals surface area contributed by atoms with E-state index in [0.717, 1.165) is 0 Å². The number of hydrogen-bond donors (Lipinski definition) is 1. The Morgan fingerprint density at radius 2 is 1.96 bits per heavy atom. The molecule has 5 heteroatoms. The fourth-order valence-corrected chi connectivity index (χ4v) is 2.57. The van der Waals surface area contributed by atoms with Crippen molar-refractivity contribution in [2.45, 2.75) is 13.3 Å². The molecule has 0 saturated carbocycles. The van der Waals surface area contributed by atoms with Crippen LogP contribution in [0, 0.1) is 0 Å². The highest BCUT2D eigenvalue weighted by atomic mass is 16.5. The van der Waals surface area contributed by atoms with E-state index >= 15 is 0 Å². The molecular formula is C19H16O5. The zero-order valence-corrected chi connectivity index (χ0v) is 13.1. The summed E-state index contributed by atoms with van der Waals surface area (Å²) in [5.41, 5.74) is 1.41. The Kier molecular flexibility index (Phi) is 4.33. The van der Waals surface area contributed by atoms with Gasteiger partial charge in [0.1, 0.15) is 17.1 Å². The molecule has 0 aliphatic carbocycles. The average molecular weight is 324 g/mol. The average Bonchev–Trinajstić information content (AvgIpc) is 2.55. The monoisotopic (exact) mass is 324 g/mol. The van der Waals surface area contributed by atoms with Crippen molar-refractivity contribution in [2.75, 3.05) is 6.61 Å². The van der Waals surface area contributed by atoms with Crippen LogP contribution < -0.4 is 5.43 Å². The zero-order chi connectivity index (χ0) is 17.1. The van der Waals surface area contributed by atoms with Crippen LogP contribution in [0.3, 0.4) is 0 Å². The van der Waals surface area contributed by atoms with Gasteiger partial charge in [0, 0.05) is 11.6 Å². The largest absolute Gasteiger partial charge is 0.508 e. The first-order chi connectivity index (χ1) is 11.6. The van der Waals surface area contributed by atoms with Crippen molar-refractivity contribution in [1.29, 1.82) is 0 Å². The minimum Gasteiger partial charge on any atom is -0.508 e. The lowest BCUT2D eigenvalue weighted by molar-refractivity contribution is -0.142. The van der Waals surface area contributed by atoms with Crippen molar-refractivity contribution in [1.82, 2.24) is 0 Å². The van der Waals surface area contributed by atoms with Crippen molar-refractivity contribution in [3.05, 3.63) is 64.3 Å². The summed E-state index contributed by atoms with van der Waals surface area (Å²) >= 11 is 0. The highest BCUT2D eigenvalue weighted by Crippen LogP contribution is 2.28. The van der Waals surface area contributed by atoms with Gasteiger partial charge < -0.3 is 14.3 Å². The van der Waals surface area contributed by atoms with Gasteiger partial charge >= 0.3 is 5.97 Å². The lowest BCUT2D eigenvalue weighted by Gasteiger charge is -2.10. The molecule has 3 rings (SSSR count). The van der Waals surface area contributed by atoms with Gasteiger partial charge in [-0.2, -0.15) is 0 Å². The Morgan fingerprint density at radius 1 is 1.17 bits per heavy atom. The predicted molar refractivity (Wildman–Crippen MR) is 89.9 cm³/mol. The summed E-state index contributed by atoms with van der Waals surface area (Å²) in [4.78, 5) is 24.1. The first-order valence-electron chi connectivity index (χ1n) is 7.59. The van der Waals surface area contributed by atoms with Crippen LogP contribution in [0.4, 0.5) is 0 Å². The number of carbonyl (C=O) groups excluding carboxylic acids is 1. The molecule has 5 nitrogen and oxygen atoms in total. The summed E-state index contributed by atoms with van der Waals surface area (Å²) in [5.74, 6) is -0.0355. The molecule has 0 bridgehead atoms. The molecule has 1 heterocycles. The molecule has 0 unspecified atom stereocenters. The van der Waals surface area contributed by atoms with Crippen LogP contribution in [0.25, 0.3) is 22.3 Å². The van der Waals surface area contributed by atoms with Gasteiger partial charge in [-0.15, -0.1) is 0 Å². The third-order valence-electron chi connectivity index (χ3n) is 3.63. The Morgan fingerprint density at radius 3 is 2.75 bits per heavy atom. The molecule has 0 saturated heterocycles. The number of benzene rings is 2. The molecule has 0 aliphatic heterocycles. The Hall–Kier alpha value is -3.08. The van der Waals surface area contributed by atoms with Crippen LogP contribution in [0.2, 0.25) is 0 Å². The van der Waals surface area contributed by atoms with Crippen molar-refractivity contribution < 1.29 is 19.1 Å². The second kappa shape index (κ2) is 6.58. The predicted octanol–water partition coefficient (Wildman–Crippen LogP) is 3.27. The maximum atomic E-state index is 12.3. The van der Waals surface area contributed by atoms with Gasteiger partial charge in [-0.3, -0.25) is 9.59 Å². The second-order valence-electron chi connectivity index (χ2n) is 5.29. The Balaban J connectivity index is 2.12. The minimum atomic E-state index is -0.410. The lowest BCUT2D eigenvalue weighted by atomic mass is 10.0. The molecule has 3 aromatic rings. The van der Waals surface area contributed by atoms with Gasteiger partial charge in [-0.05, 0) is 42.8 Å². The quantitative estimate of drug-likeness (QED) is 0.745. The minimum absolute atomic E-state index is 0.0197. The van der Waals surface area contributed by atoms with Crippen LogP contribution >= 0.6 is 0 Å². The molecule has 24 heavy (non-hydrogen) atoms. The summed E-state index contributed by atoms with van der Waals surface area (Å²) in [6, 6.07) is 12.9. The Labute approximate surface area is 138 Å². The SMILES string of the molecule is CCOC(=O)Cc1cc(O)ccc1-c1cc(=O)c2ccccc2o1. The van der Waals surface area contributed by atoms with Crippen molar-refractivity contribution in [3.8, 4) is 17.1 Å². The lowest BCUT2D eigenvalue weighted by Crippen LogP contribution is -2.09. The summed E-state index contributed by atoms with van der Waals surface area (Å²) in [6.07, 6.45) is -0.0197. The fourth-order valence-electron chi connectivity index (χ4n) is 2.57. The van der Waals surface area contributed by atoms with E-state index in [1.807, 2.05) is 0 Å². The van der Waals surface area contributed by atoms with E-state index in [1.54, 1.807) is 37.3 Å². The van der Waals surface area contributed by atoms with E-state index in [-0.39, 0.29) is 24.2 Å². The van der Waals surface area contributed by atoms with Crippen molar-refractivity contribution >= 4 is 16.9 Å². The van der Waals surface area contributed by atoms with Crippen LogP contribution in [-0.4, -0.2) is 17.7 Å². The smallest absolute Gasteiger partial charge is 0.310 e. The van der Waals surface area contributed by atoms with Gasteiger partial charge in [-0.1, -0.05) is 12.1 Å². The molecule has 122 valence electrons. The van der Waals surface area contributed by atoms with E-state index in [1.165, 1.54) is 18.2 Å². The van der Waals surface area contributed by atoms with Crippen LogP contribution in [0.1, 0.15) is 12.5 Å². The van der Waals surface area contributed by atoms with Gasteiger partial charge in [0.2, 0.25) is 0 Å². The molecule has 0 fully saturated rings. The topological polar surface area (TPSA) is 76.7 Å². The molecule has 0 spiro atoms. The summed E-state index contributed by atoms with van der Waals surface area (Å²) < 4.78 is 10.8. The molecule has 0 radical (unpaired) electrons. The number of fused-ring (bicyclic) bond motifs is 1. The molecule has 0 atom stereocenters. The number of esters is 1. The van der Waals surface area contributed by atoms with E-state index < -0.39 is 5.97 Å². The summed E-state index contributed by atoms with van der Waals surface area (Å²) in [5, 5.41) is 10.2. The van der Waals surface area contributed by atoms with Gasteiger partial charge in [0.15, 0.2) is 5.43 Å². The number of hydrogen-bond acceptors (Lipinski definition) is 5.